The van der Waals surface area contributed by atoms with E-state index in [0.717, 1.165) is 55.2 Å². The molecule has 0 spiro atoms. The Hall–Kier alpha value is -7.10. The van der Waals surface area contributed by atoms with Gasteiger partial charge in [-0.2, -0.15) is 5.26 Å². The van der Waals surface area contributed by atoms with Crippen molar-refractivity contribution in [3.05, 3.63) is 175 Å². The Morgan fingerprint density at radius 1 is 0.520 bits per heavy atom. The Morgan fingerprint density at radius 3 is 1.88 bits per heavy atom. The first kappa shape index (κ1) is 29.1. The maximum Gasteiger partial charge on any atom is 0.268 e. The lowest BCUT2D eigenvalue weighted by Gasteiger charge is -2.23. The molecule has 0 unspecified atom stereocenters. The van der Waals surface area contributed by atoms with E-state index in [1.54, 1.807) is 18.5 Å². The molecule has 9 rings (SSSR count). The van der Waals surface area contributed by atoms with Gasteiger partial charge in [-0.3, -0.25) is 14.6 Å². The third-order valence-corrected chi connectivity index (χ3v) is 9.44. The van der Waals surface area contributed by atoms with Crippen LogP contribution in [-0.4, -0.2) is 21.4 Å². The highest BCUT2D eigenvalue weighted by Gasteiger charge is 2.41. The molecule has 6 aromatic carbocycles. The molecule has 0 N–H and O–H groups in total. The molecule has 2 amide bonds. The van der Waals surface area contributed by atoms with Crippen LogP contribution in [0.15, 0.2) is 158 Å². The smallest absolute Gasteiger partial charge is 0.268 e. The molecule has 0 bridgehead atoms. The Kier molecular flexibility index (Phi) is 6.72. The molecule has 0 atom stereocenters. The fraction of sp³-hybridized carbons (Fsp3) is 0. The quantitative estimate of drug-likeness (QED) is 0.175. The van der Waals surface area contributed by atoms with Crippen LogP contribution in [0.2, 0.25) is 0 Å². The van der Waals surface area contributed by atoms with Crippen LogP contribution in [0.25, 0.3) is 60.9 Å². The maximum atomic E-state index is 14.9. The second-order valence-corrected chi connectivity index (χ2v) is 12.2. The van der Waals surface area contributed by atoms with E-state index in [1.165, 1.54) is 4.90 Å². The van der Waals surface area contributed by atoms with Gasteiger partial charge in [-0.15, -0.1) is 0 Å². The van der Waals surface area contributed by atoms with Crippen molar-refractivity contribution in [3.8, 4) is 45.1 Å². The third-order valence-electron chi connectivity index (χ3n) is 9.44. The van der Waals surface area contributed by atoms with Crippen LogP contribution in [0.1, 0.15) is 26.3 Å². The number of benzene rings is 6. The molecule has 1 aliphatic heterocycles. The molecule has 6 heteroatoms. The zero-order valence-corrected chi connectivity index (χ0v) is 26.6. The van der Waals surface area contributed by atoms with Crippen LogP contribution >= 0.6 is 0 Å². The monoisotopic (exact) mass is 642 g/mol. The minimum Gasteiger partial charge on any atom is -0.308 e. The van der Waals surface area contributed by atoms with Crippen molar-refractivity contribution in [2.24, 2.45) is 0 Å². The largest absolute Gasteiger partial charge is 0.308 e. The van der Waals surface area contributed by atoms with Gasteiger partial charge in [-0.05, 0) is 53.1 Å². The number of carbonyl (C=O) groups excluding carboxylic acids is 2. The number of amides is 2. The summed E-state index contributed by atoms with van der Waals surface area (Å²) < 4.78 is 2.08. The summed E-state index contributed by atoms with van der Waals surface area (Å²) in [5.41, 5.74) is 9.36. The van der Waals surface area contributed by atoms with Crippen LogP contribution < -0.4 is 4.90 Å². The number of hydrogen-bond donors (Lipinski definition) is 0. The van der Waals surface area contributed by atoms with E-state index in [4.69, 9.17) is 0 Å². The van der Waals surface area contributed by atoms with Crippen LogP contribution in [0.5, 0.6) is 0 Å². The number of pyridine rings is 1. The highest BCUT2D eigenvalue weighted by molar-refractivity contribution is 6.37. The van der Waals surface area contributed by atoms with Crippen LogP contribution in [0.4, 0.5) is 5.69 Å². The molecule has 0 saturated carbocycles. The minimum atomic E-state index is -0.372. The fourth-order valence-electron chi connectivity index (χ4n) is 7.21. The van der Waals surface area contributed by atoms with Crippen molar-refractivity contribution in [1.82, 2.24) is 9.55 Å². The first-order valence-corrected chi connectivity index (χ1v) is 16.3. The number of carbonyl (C=O) groups is 2. The second kappa shape index (κ2) is 11.6. The average molecular weight is 643 g/mol. The number of imide groups is 1. The zero-order chi connectivity index (χ0) is 33.8. The standard InChI is InChI=1S/C44H26N4O2/c45-25-28-23-32(27-46-26-28)31-21-22-39-37(24-31)35-15-7-8-19-38(35)47(39)40-20-10-18-36-41(40)44(50)48(43(36)49)42-33(29-11-3-1-4-12-29)16-9-17-34(42)30-13-5-2-6-14-30/h1-24,26-27H. The summed E-state index contributed by atoms with van der Waals surface area (Å²) in [6, 6.07) is 49.3. The molecule has 3 heterocycles. The Bertz CT molecular complexity index is 2650. The fourth-order valence-corrected chi connectivity index (χ4v) is 7.21. The number of anilines is 1. The van der Waals surface area contributed by atoms with E-state index in [2.05, 4.69) is 27.8 Å². The predicted molar refractivity (Wildman–Crippen MR) is 197 cm³/mol. The van der Waals surface area contributed by atoms with Crippen molar-refractivity contribution in [1.29, 1.82) is 5.26 Å². The van der Waals surface area contributed by atoms with Crippen molar-refractivity contribution in [2.45, 2.75) is 0 Å². The van der Waals surface area contributed by atoms with E-state index in [9.17, 15) is 14.9 Å². The lowest BCUT2D eigenvalue weighted by Crippen LogP contribution is -2.30. The predicted octanol–water partition coefficient (Wildman–Crippen LogP) is 9.85. The summed E-state index contributed by atoms with van der Waals surface area (Å²) in [5, 5.41) is 11.4. The number of fused-ring (bicyclic) bond motifs is 4. The van der Waals surface area contributed by atoms with Gasteiger partial charge in [0.2, 0.25) is 0 Å². The van der Waals surface area contributed by atoms with Gasteiger partial charge in [0.15, 0.2) is 0 Å². The van der Waals surface area contributed by atoms with E-state index >= 15 is 0 Å². The molecule has 1 aliphatic rings. The van der Waals surface area contributed by atoms with E-state index in [-0.39, 0.29) is 11.8 Å². The number of nitriles is 1. The number of aromatic nitrogens is 2. The molecular weight excluding hydrogens is 617 g/mol. The molecule has 6 nitrogen and oxygen atoms in total. The van der Waals surface area contributed by atoms with E-state index in [1.807, 2.05) is 127 Å². The van der Waals surface area contributed by atoms with Crippen LogP contribution in [0.3, 0.4) is 0 Å². The van der Waals surface area contributed by atoms with E-state index < -0.39 is 0 Å². The Labute approximate surface area is 287 Å². The van der Waals surface area contributed by atoms with E-state index in [0.29, 0.717) is 28.1 Å². The molecule has 50 heavy (non-hydrogen) atoms. The van der Waals surface area contributed by atoms with Crippen molar-refractivity contribution >= 4 is 39.3 Å². The molecule has 0 fully saturated rings. The maximum absolute atomic E-state index is 14.9. The average Bonchev–Trinajstić information content (AvgIpc) is 3.65. The van der Waals surface area contributed by atoms with Gasteiger partial charge in [-0.25, -0.2) is 4.90 Å². The topological polar surface area (TPSA) is 79.0 Å². The summed E-state index contributed by atoms with van der Waals surface area (Å²) in [7, 11) is 0. The minimum absolute atomic E-state index is 0.358. The SMILES string of the molecule is N#Cc1cncc(-c2ccc3c(c2)c2ccccc2n3-c2cccc3c2C(=O)N(c2c(-c4ccccc4)cccc2-c2ccccc2)C3=O)c1. The van der Waals surface area contributed by atoms with Gasteiger partial charge in [0.25, 0.3) is 11.8 Å². The molecule has 8 aromatic rings. The Morgan fingerprint density at radius 2 is 1.16 bits per heavy atom. The van der Waals surface area contributed by atoms with Gasteiger partial charge in [-0.1, -0.05) is 109 Å². The highest BCUT2D eigenvalue weighted by atomic mass is 16.2. The van der Waals surface area contributed by atoms with Gasteiger partial charge >= 0.3 is 0 Å². The summed E-state index contributed by atoms with van der Waals surface area (Å²) in [4.78, 5) is 35.1. The second-order valence-electron chi connectivity index (χ2n) is 12.2. The summed E-state index contributed by atoms with van der Waals surface area (Å²) in [6.07, 6.45) is 3.30. The molecule has 0 radical (unpaired) electrons. The zero-order valence-electron chi connectivity index (χ0n) is 26.6. The Balaban J connectivity index is 1.26. The molecular formula is C44H26N4O2. The highest BCUT2D eigenvalue weighted by Crippen LogP contribution is 2.45. The molecule has 0 aliphatic carbocycles. The van der Waals surface area contributed by atoms with Crippen molar-refractivity contribution < 1.29 is 9.59 Å². The van der Waals surface area contributed by atoms with Crippen molar-refractivity contribution in [2.75, 3.05) is 4.90 Å². The number of nitrogens with zero attached hydrogens (tertiary/aromatic N) is 4. The van der Waals surface area contributed by atoms with Gasteiger partial charge < -0.3 is 4.57 Å². The van der Waals surface area contributed by atoms with Crippen LogP contribution in [-0.2, 0) is 0 Å². The van der Waals surface area contributed by atoms with Gasteiger partial charge in [0.05, 0.1) is 39.1 Å². The van der Waals surface area contributed by atoms with Gasteiger partial charge in [0, 0.05) is 39.9 Å². The summed E-state index contributed by atoms with van der Waals surface area (Å²) >= 11 is 0. The third kappa shape index (κ3) is 4.45. The first-order valence-electron chi connectivity index (χ1n) is 16.3. The number of rotatable bonds is 5. The molecule has 0 saturated heterocycles. The van der Waals surface area contributed by atoms with Gasteiger partial charge in [0.1, 0.15) is 6.07 Å². The normalized spacial score (nSPS) is 12.4. The molecule has 234 valence electrons. The summed E-state index contributed by atoms with van der Waals surface area (Å²) in [5.74, 6) is -0.733. The lowest BCUT2D eigenvalue weighted by molar-refractivity contribution is 0.0926. The molecule has 2 aromatic heterocycles. The lowest BCUT2D eigenvalue weighted by atomic mass is 9.95. The van der Waals surface area contributed by atoms with Crippen molar-refractivity contribution in [3.63, 3.8) is 0 Å². The number of hydrogen-bond acceptors (Lipinski definition) is 4. The first-order chi connectivity index (χ1) is 24.6. The summed E-state index contributed by atoms with van der Waals surface area (Å²) in [6.45, 7) is 0. The number of para-hydroxylation sites is 2. The van der Waals surface area contributed by atoms with Crippen LogP contribution in [0, 0.1) is 11.3 Å².